The number of piperidine rings is 1. The fourth-order valence-electron chi connectivity index (χ4n) is 4.84. The quantitative estimate of drug-likeness (QED) is 0.819. The van der Waals surface area contributed by atoms with Gasteiger partial charge in [0.1, 0.15) is 0 Å². The van der Waals surface area contributed by atoms with Crippen molar-refractivity contribution in [2.75, 3.05) is 0 Å². The van der Waals surface area contributed by atoms with Crippen molar-refractivity contribution in [1.82, 2.24) is 10.1 Å². The van der Waals surface area contributed by atoms with E-state index < -0.39 is 11.1 Å². The molecule has 1 fully saturated rings. The Morgan fingerprint density at radius 3 is 1.83 bits per heavy atom. The summed E-state index contributed by atoms with van der Waals surface area (Å²) in [6, 6.07) is 0. The summed E-state index contributed by atoms with van der Waals surface area (Å²) in [4.78, 5) is 13.0. The number of ketones is 1. The van der Waals surface area contributed by atoms with E-state index in [0.29, 0.717) is 12.0 Å². The van der Waals surface area contributed by atoms with Crippen LogP contribution >= 0.6 is 0 Å². The lowest BCUT2D eigenvalue weighted by Crippen LogP contribution is -2.59. The van der Waals surface area contributed by atoms with E-state index in [1.165, 1.54) is 10.1 Å². The van der Waals surface area contributed by atoms with Crippen molar-refractivity contribution in [3.63, 3.8) is 0 Å². The summed E-state index contributed by atoms with van der Waals surface area (Å²) in [7, 11) is 0. The van der Waals surface area contributed by atoms with Gasteiger partial charge in [-0.1, -0.05) is 6.08 Å². The average molecular weight is 338 g/mol. The first kappa shape index (κ1) is 19.6. The van der Waals surface area contributed by atoms with Crippen LogP contribution < -0.4 is 0 Å². The van der Waals surface area contributed by atoms with E-state index in [1.54, 1.807) is 0 Å². The van der Waals surface area contributed by atoms with Crippen molar-refractivity contribution in [2.45, 2.75) is 96.8 Å². The van der Waals surface area contributed by atoms with Crippen molar-refractivity contribution >= 4 is 5.78 Å². The minimum atomic E-state index is -0.677. The van der Waals surface area contributed by atoms with Gasteiger partial charge in [-0.3, -0.25) is 4.79 Å². The lowest BCUT2D eigenvalue weighted by Gasteiger charge is -2.51. The molecule has 0 aromatic rings. The molecule has 5 nitrogen and oxygen atoms in total. The van der Waals surface area contributed by atoms with Gasteiger partial charge in [0.25, 0.3) is 0 Å². The zero-order chi connectivity index (χ0) is 18.7. The molecule has 0 atom stereocenters. The second-order valence-electron chi connectivity index (χ2n) is 9.92. The van der Waals surface area contributed by atoms with Gasteiger partial charge in [-0.25, -0.2) is 0 Å². The summed E-state index contributed by atoms with van der Waals surface area (Å²) in [5, 5.41) is 23.5. The molecule has 0 bridgehead atoms. The van der Waals surface area contributed by atoms with E-state index in [9.17, 15) is 15.2 Å². The number of rotatable bonds is 3. The standard InChI is InChI=1S/C19H34N2O3/c1-16(2)10-13(11-17(3,4)20(16)23)9-15(22)14-12-18(5,6)21(24)19(14,7)8/h12-13,23-24H,9-11H2,1-8H3. The Morgan fingerprint density at radius 2 is 1.46 bits per heavy atom. The Balaban J connectivity index is 2.19. The highest BCUT2D eigenvalue weighted by Crippen LogP contribution is 2.44. The lowest BCUT2D eigenvalue weighted by atomic mass is 9.72. The van der Waals surface area contributed by atoms with Gasteiger partial charge in [-0.2, -0.15) is 10.1 Å². The predicted octanol–water partition coefficient (Wildman–Crippen LogP) is 3.79. The number of hydroxylamine groups is 4. The molecule has 5 heteroatoms. The summed E-state index contributed by atoms with van der Waals surface area (Å²) >= 11 is 0. The van der Waals surface area contributed by atoms with E-state index in [2.05, 4.69) is 0 Å². The molecule has 0 amide bonds. The van der Waals surface area contributed by atoms with Gasteiger partial charge in [-0.05, 0) is 74.1 Å². The monoisotopic (exact) mass is 338 g/mol. The normalized spacial score (nSPS) is 29.5. The van der Waals surface area contributed by atoms with Crippen LogP contribution in [-0.2, 0) is 4.79 Å². The molecule has 138 valence electrons. The van der Waals surface area contributed by atoms with Crippen molar-refractivity contribution in [3.8, 4) is 0 Å². The van der Waals surface area contributed by atoms with E-state index >= 15 is 0 Å². The first-order valence-corrected chi connectivity index (χ1v) is 8.86. The van der Waals surface area contributed by atoms with Gasteiger partial charge in [-0.15, -0.1) is 0 Å². The SMILES string of the molecule is CC1(C)C=C(C(=O)CC2CC(C)(C)N(O)C(C)(C)C2)C(C)(C)N1O. The zero-order valence-electron chi connectivity index (χ0n) is 16.5. The fourth-order valence-corrected chi connectivity index (χ4v) is 4.84. The zero-order valence-corrected chi connectivity index (χ0v) is 16.5. The second-order valence-corrected chi connectivity index (χ2v) is 9.92. The number of Topliss-reactive ketones (excluding diaryl/α,β-unsaturated/α-hetero) is 1. The summed E-state index contributed by atoms with van der Waals surface area (Å²) in [5.41, 5.74) is -1.23. The van der Waals surface area contributed by atoms with Crippen LogP contribution in [0.2, 0.25) is 0 Å². The Labute approximate surface area is 146 Å². The molecule has 2 aliphatic rings. The third-order valence-corrected chi connectivity index (χ3v) is 5.73. The molecule has 24 heavy (non-hydrogen) atoms. The predicted molar refractivity (Wildman–Crippen MR) is 94.0 cm³/mol. The highest BCUT2D eigenvalue weighted by Gasteiger charge is 2.49. The minimum Gasteiger partial charge on any atom is -0.313 e. The van der Waals surface area contributed by atoms with E-state index in [4.69, 9.17) is 0 Å². The molecule has 0 spiro atoms. The van der Waals surface area contributed by atoms with Crippen molar-refractivity contribution in [3.05, 3.63) is 11.6 Å². The molecule has 2 N–H and O–H groups in total. The Morgan fingerprint density at radius 1 is 1.00 bits per heavy atom. The molecule has 2 rings (SSSR count). The number of carbonyl (C=O) groups is 1. The third kappa shape index (κ3) is 3.19. The van der Waals surface area contributed by atoms with E-state index in [-0.39, 0.29) is 22.8 Å². The van der Waals surface area contributed by atoms with Gasteiger partial charge < -0.3 is 10.4 Å². The Kier molecular flexibility index (Phi) is 4.59. The number of hydrogen-bond acceptors (Lipinski definition) is 5. The van der Waals surface area contributed by atoms with E-state index in [1.807, 2.05) is 61.5 Å². The van der Waals surface area contributed by atoms with Crippen LogP contribution in [0, 0.1) is 5.92 Å². The molecule has 0 unspecified atom stereocenters. The van der Waals surface area contributed by atoms with Crippen LogP contribution in [0.25, 0.3) is 0 Å². The highest BCUT2D eigenvalue weighted by atomic mass is 16.5. The molecular weight excluding hydrogens is 304 g/mol. The maximum atomic E-state index is 13.0. The third-order valence-electron chi connectivity index (χ3n) is 5.73. The summed E-state index contributed by atoms with van der Waals surface area (Å²) in [5.74, 6) is 0.325. The smallest absolute Gasteiger partial charge is 0.160 e. The molecule has 0 aliphatic carbocycles. The summed E-state index contributed by atoms with van der Waals surface area (Å²) in [6.07, 6.45) is 3.91. The van der Waals surface area contributed by atoms with Crippen LogP contribution in [-0.4, -0.2) is 48.5 Å². The van der Waals surface area contributed by atoms with Crippen LogP contribution in [0.5, 0.6) is 0 Å². The number of hydrogen-bond donors (Lipinski definition) is 2. The van der Waals surface area contributed by atoms with Gasteiger partial charge in [0, 0.05) is 23.1 Å². The summed E-state index contributed by atoms with van der Waals surface area (Å²) in [6.45, 7) is 15.7. The molecule has 2 heterocycles. The molecule has 0 aromatic carbocycles. The van der Waals surface area contributed by atoms with Crippen LogP contribution in [0.1, 0.15) is 74.7 Å². The maximum absolute atomic E-state index is 13.0. The molecule has 1 saturated heterocycles. The van der Waals surface area contributed by atoms with Gasteiger partial charge in [0.15, 0.2) is 5.78 Å². The van der Waals surface area contributed by atoms with Crippen LogP contribution in [0.3, 0.4) is 0 Å². The van der Waals surface area contributed by atoms with Crippen LogP contribution in [0.15, 0.2) is 11.6 Å². The Bertz CT molecular complexity index is 543. The maximum Gasteiger partial charge on any atom is 0.160 e. The highest BCUT2D eigenvalue weighted by molar-refractivity contribution is 5.98. The molecule has 0 saturated carbocycles. The molecule has 2 aliphatic heterocycles. The summed E-state index contributed by atoms with van der Waals surface area (Å²) < 4.78 is 0. The van der Waals surface area contributed by atoms with Crippen molar-refractivity contribution < 1.29 is 15.2 Å². The van der Waals surface area contributed by atoms with Crippen molar-refractivity contribution in [1.29, 1.82) is 0 Å². The average Bonchev–Trinajstić information content (AvgIpc) is 2.55. The minimum absolute atomic E-state index is 0.104. The second kappa shape index (κ2) is 5.63. The number of nitrogens with zero attached hydrogens (tertiary/aromatic N) is 2. The topological polar surface area (TPSA) is 64.0 Å². The molecule has 0 radical (unpaired) electrons. The first-order chi connectivity index (χ1) is 10.6. The van der Waals surface area contributed by atoms with Crippen molar-refractivity contribution in [2.24, 2.45) is 5.92 Å². The Hall–Kier alpha value is -0.750. The van der Waals surface area contributed by atoms with Gasteiger partial charge in [0.2, 0.25) is 0 Å². The van der Waals surface area contributed by atoms with Gasteiger partial charge in [0.05, 0.1) is 11.1 Å². The van der Waals surface area contributed by atoms with E-state index in [0.717, 1.165) is 12.8 Å². The lowest BCUT2D eigenvalue weighted by molar-refractivity contribution is -0.251. The first-order valence-electron chi connectivity index (χ1n) is 8.86. The number of carbonyl (C=O) groups excluding carboxylic acids is 1. The molecule has 0 aromatic heterocycles. The van der Waals surface area contributed by atoms with Crippen LogP contribution in [0.4, 0.5) is 0 Å². The fraction of sp³-hybridized carbons (Fsp3) is 0.842. The molecular formula is C19H34N2O3. The van der Waals surface area contributed by atoms with Gasteiger partial charge >= 0.3 is 0 Å². The largest absolute Gasteiger partial charge is 0.313 e.